The molecule has 1 saturated heterocycles. The molecule has 1 atom stereocenters. The monoisotopic (exact) mass is 561 g/mol. The predicted molar refractivity (Wildman–Crippen MR) is 163 cm³/mol. The van der Waals surface area contributed by atoms with Crippen LogP contribution in [0.4, 0.5) is 0 Å². The van der Waals surface area contributed by atoms with Gasteiger partial charge < -0.3 is 20.9 Å². The van der Waals surface area contributed by atoms with E-state index in [0.717, 1.165) is 76.3 Å². The molecule has 4 N–H and O–H groups in total. The second-order valence-corrected chi connectivity index (χ2v) is 12.0. The lowest BCUT2D eigenvalue weighted by molar-refractivity contribution is 0.0708. The fourth-order valence-electron chi connectivity index (χ4n) is 6.25. The molecule has 214 valence electrons. The van der Waals surface area contributed by atoms with Crippen molar-refractivity contribution < 1.29 is 9.59 Å². The molecule has 4 aromatic heterocycles. The third-order valence-corrected chi connectivity index (χ3v) is 8.78. The first-order chi connectivity index (χ1) is 20.3. The summed E-state index contributed by atoms with van der Waals surface area (Å²) in [7, 11) is 0. The average molecular weight is 562 g/mol. The summed E-state index contributed by atoms with van der Waals surface area (Å²) in [6.07, 6.45) is 6.15. The van der Waals surface area contributed by atoms with E-state index in [1.165, 1.54) is 12.8 Å². The van der Waals surface area contributed by atoms with Gasteiger partial charge in [0.15, 0.2) is 0 Å². The van der Waals surface area contributed by atoms with Gasteiger partial charge in [-0.3, -0.25) is 9.59 Å². The number of primary amides is 1. The molecular weight excluding hydrogens is 526 g/mol. The van der Waals surface area contributed by atoms with Crippen molar-refractivity contribution in [1.82, 2.24) is 24.1 Å². The Balaban J connectivity index is 1.30. The zero-order chi connectivity index (χ0) is 29.1. The number of aromatic nitrogens is 4. The first-order valence-corrected chi connectivity index (χ1v) is 14.7. The molecule has 0 unspecified atom stereocenters. The van der Waals surface area contributed by atoms with Crippen molar-refractivity contribution in [3.63, 3.8) is 0 Å². The molecule has 0 radical (unpaired) electrons. The minimum atomic E-state index is -0.430. The highest BCUT2D eigenvalue weighted by molar-refractivity contribution is 5.96. The number of nitrogens with zero attached hydrogens (tertiary/aromatic N) is 5. The number of benzene rings is 1. The summed E-state index contributed by atoms with van der Waals surface area (Å²) in [6, 6.07) is 15.9. The largest absolute Gasteiger partial charge is 0.366 e. The van der Waals surface area contributed by atoms with E-state index in [-0.39, 0.29) is 11.9 Å². The first-order valence-electron chi connectivity index (χ1n) is 14.7. The van der Waals surface area contributed by atoms with Crippen LogP contribution in [-0.4, -0.2) is 55.0 Å². The number of piperidine rings is 1. The second kappa shape index (κ2) is 10.1. The normalized spacial score (nSPS) is 17.3. The van der Waals surface area contributed by atoms with Crippen LogP contribution in [0.1, 0.15) is 57.5 Å². The number of carbonyl (C=O) groups excluding carboxylic acids is 2. The SMILES string of the molecule is Cc1cc(-c2ccc3cc(-c4nn5cc(C(=O)N6CCC[C@@H](N)C6)ccc5c4C)n(CC4CC4)c3n2)ccc1C(N)=O. The Morgan fingerprint density at radius 1 is 1.02 bits per heavy atom. The number of nitrogens with two attached hydrogens (primary N) is 2. The van der Waals surface area contributed by atoms with Crippen LogP contribution in [0.5, 0.6) is 0 Å². The molecule has 0 spiro atoms. The molecule has 0 bridgehead atoms. The van der Waals surface area contributed by atoms with Gasteiger partial charge in [-0.15, -0.1) is 0 Å². The average Bonchev–Trinajstić information content (AvgIpc) is 3.66. The van der Waals surface area contributed by atoms with E-state index in [4.69, 9.17) is 21.5 Å². The van der Waals surface area contributed by atoms with Gasteiger partial charge in [-0.25, -0.2) is 9.50 Å². The standard InChI is InChI=1S/C33H35N7O2/c1-19-14-22(7-10-26(19)31(35)41)27-11-8-23-15-29(39(32(23)36-27)16-21-5-6-21)30-20(2)28-12-9-24(17-40(28)37-30)33(42)38-13-3-4-25(34)18-38/h7-12,14-15,17,21,25H,3-6,13,16,18,34H2,1-2H3,(H2,35,41)/t25-/m1/s1. The molecule has 5 heterocycles. The number of rotatable bonds is 6. The van der Waals surface area contributed by atoms with Crippen molar-refractivity contribution >= 4 is 28.4 Å². The maximum atomic E-state index is 13.3. The van der Waals surface area contributed by atoms with Crippen LogP contribution in [-0.2, 0) is 6.54 Å². The third kappa shape index (κ3) is 4.63. The van der Waals surface area contributed by atoms with Crippen molar-refractivity contribution in [3.05, 3.63) is 77.0 Å². The van der Waals surface area contributed by atoms with Gasteiger partial charge in [-0.05, 0) is 93.5 Å². The van der Waals surface area contributed by atoms with Gasteiger partial charge in [0.05, 0.1) is 22.5 Å². The molecule has 2 amide bonds. The van der Waals surface area contributed by atoms with Gasteiger partial charge in [0.25, 0.3) is 5.91 Å². The summed E-state index contributed by atoms with van der Waals surface area (Å²) in [5, 5.41) is 6.07. The van der Waals surface area contributed by atoms with E-state index in [0.29, 0.717) is 23.6 Å². The Hall–Kier alpha value is -4.50. The molecule has 1 aliphatic heterocycles. The highest BCUT2D eigenvalue weighted by atomic mass is 16.2. The van der Waals surface area contributed by atoms with E-state index in [9.17, 15) is 9.59 Å². The summed E-state index contributed by atoms with van der Waals surface area (Å²) in [4.78, 5) is 32.0. The molecule has 1 saturated carbocycles. The second-order valence-electron chi connectivity index (χ2n) is 12.0. The van der Waals surface area contributed by atoms with Gasteiger partial charge in [0, 0.05) is 53.9 Å². The van der Waals surface area contributed by atoms with E-state index >= 15 is 0 Å². The van der Waals surface area contributed by atoms with Crippen LogP contribution < -0.4 is 11.5 Å². The van der Waals surface area contributed by atoms with Crippen LogP contribution in [0.15, 0.2) is 54.7 Å². The zero-order valence-corrected chi connectivity index (χ0v) is 24.0. The van der Waals surface area contributed by atoms with E-state index in [2.05, 4.69) is 23.6 Å². The number of carbonyl (C=O) groups is 2. The minimum Gasteiger partial charge on any atom is -0.366 e. The molecule has 1 aromatic carbocycles. The van der Waals surface area contributed by atoms with E-state index < -0.39 is 5.91 Å². The van der Waals surface area contributed by atoms with E-state index in [1.807, 2.05) is 52.9 Å². The molecule has 9 nitrogen and oxygen atoms in total. The number of aryl methyl sites for hydroxylation is 2. The lowest BCUT2D eigenvalue weighted by Gasteiger charge is -2.30. The van der Waals surface area contributed by atoms with Crippen LogP contribution in [0, 0.1) is 19.8 Å². The van der Waals surface area contributed by atoms with Crippen molar-refractivity contribution in [2.45, 2.75) is 52.1 Å². The molecule has 2 fully saturated rings. The van der Waals surface area contributed by atoms with Crippen LogP contribution in [0.3, 0.4) is 0 Å². The summed E-state index contributed by atoms with van der Waals surface area (Å²) < 4.78 is 4.14. The van der Waals surface area contributed by atoms with Gasteiger partial charge in [-0.2, -0.15) is 5.10 Å². The molecule has 1 aliphatic carbocycles. The maximum absolute atomic E-state index is 13.3. The number of hydrogen-bond donors (Lipinski definition) is 2. The molecule has 5 aromatic rings. The van der Waals surface area contributed by atoms with Gasteiger partial charge in [0.1, 0.15) is 11.3 Å². The maximum Gasteiger partial charge on any atom is 0.255 e. The lowest BCUT2D eigenvalue weighted by Crippen LogP contribution is -2.45. The predicted octanol–water partition coefficient (Wildman–Crippen LogP) is 4.71. The molecule has 2 aliphatic rings. The van der Waals surface area contributed by atoms with Gasteiger partial charge in [-0.1, -0.05) is 6.07 Å². The number of pyridine rings is 2. The van der Waals surface area contributed by atoms with Crippen molar-refractivity contribution in [2.75, 3.05) is 13.1 Å². The fraction of sp³-hybridized carbons (Fsp3) is 0.333. The van der Waals surface area contributed by atoms with Crippen LogP contribution in [0.25, 0.3) is 39.2 Å². The summed E-state index contributed by atoms with van der Waals surface area (Å²) >= 11 is 0. The Morgan fingerprint density at radius 3 is 2.60 bits per heavy atom. The number of hydrogen-bond acceptors (Lipinski definition) is 5. The van der Waals surface area contributed by atoms with Gasteiger partial charge in [0.2, 0.25) is 5.91 Å². The quantitative estimate of drug-likeness (QED) is 0.311. The Bertz CT molecular complexity index is 1880. The number of amides is 2. The van der Waals surface area contributed by atoms with Gasteiger partial charge >= 0.3 is 0 Å². The van der Waals surface area contributed by atoms with Crippen molar-refractivity contribution in [1.29, 1.82) is 0 Å². The minimum absolute atomic E-state index is 0.000396. The molecule has 7 rings (SSSR count). The smallest absolute Gasteiger partial charge is 0.255 e. The molecule has 42 heavy (non-hydrogen) atoms. The van der Waals surface area contributed by atoms with Crippen molar-refractivity contribution in [2.24, 2.45) is 17.4 Å². The fourth-order valence-corrected chi connectivity index (χ4v) is 6.25. The highest BCUT2D eigenvalue weighted by Gasteiger charge is 2.27. The van der Waals surface area contributed by atoms with Crippen LogP contribution >= 0.6 is 0 Å². The Morgan fingerprint density at radius 2 is 1.86 bits per heavy atom. The summed E-state index contributed by atoms with van der Waals surface area (Å²) in [6.45, 7) is 6.18. The molecule has 9 heteroatoms. The first kappa shape index (κ1) is 26.4. The summed E-state index contributed by atoms with van der Waals surface area (Å²) in [5.41, 5.74) is 20.3. The Labute approximate surface area is 244 Å². The third-order valence-electron chi connectivity index (χ3n) is 8.78. The number of likely N-dealkylation sites (tertiary alicyclic amines) is 1. The molecular formula is C33H35N7O2. The van der Waals surface area contributed by atoms with E-state index in [1.54, 1.807) is 6.07 Å². The highest BCUT2D eigenvalue weighted by Crippen LogP contribution is 2.37. The zero-order valence-electron chi connectivity index (χ0n) is 24.0. The number of fused-ring (bicyclic) bond motifs is 2. The lowest BCUT2D eigenvalue weighted by atomic mass is 10.0. The Kier molecular flexibility index (Phi) is 6.35. The van der Waals surface area contributed by atoms with Crippen LogP contribution in [0.2, 0.25) is 0 Å². The summed E-state index contributed by atoms with van der Waals surface area (Å²) in [5.74, 6) is 0.195. The topological polar surface area (TPSA) is 125 Å². The van der Waals surface area contributed by atoms with Crippen molar-refractivity contribution in [3.8, 4) is 22.6 Å².